The lowest BCUT2D eigenvalue weighted by Crippen LogP contribution is -2.55. The summed E-state index contributed by atoms with van der Waals surface area (Å²) in [6, 6.07) is 5.81. The third kappa shape index (κ3) is 2.84. The Bertz CT molecular complexity index is 815. The molecule has 0 saturated heterocycles. The summed E-state index contributed by atoms with van der Waals surface area (Å²) in [5.41, 5.74) is 4.01. The minimum Gasteiger partial charge on any atom is -0.269 e. The summed E-state index contributed by atoms with van der Waals surface area (Å²) in [7, 11) is 0. The fraction of sp³-hybridized carbons (Fsp3) is 0.478. The molecule has 1 aromatic carbocycles. The second-order valence-corrected chi connectivity index (χ2v) is 8.01. The number of nitrogens with zero attached hydrogens (tertiary/aromatic N) is 1. The van der Waals surface area contributed by atoms with Crippen molar-refractivity contribution in [3.05, 3.63) is 46.5 Å². The number of benzene rings is 1. The van der Waals surface area contributed by atoms with Gasteiger partial charge in [0, 0.05) is 22.2 Å². The van der Waals surface area contributed by atoms with Crippen LogP contribution in [-0.2, 0) is 4.79 Å². The highest BCUT2D eigenvalue weighted by Gasteiger charge is 2.44. The fourth-order valence-electron chi connectivity index (χ4n) is 4.16. The smallest absolute Gasteiger partial charge is 0.261 e. The lowest BCUT2D eigenvalue weighted by atomic mass is 9.83. The summed E-state index contributed by atoms with van der Waals surface area (Å²) in [6.45, 7) is 10.5. The van der Waals surface area contributed by atoms with Gasteiger partial charge in [-0.1, -0.05) is 64.0 Å². The standard InChI is InChI=1S/C23H29NO2/c1-6-13-23(5,7-2)24-21(25)18-10-8-9-17-14-16(15(3)4)11-12-19(20(17)18)22(24)26/h8-10,12,14-15H,6-7,11,13H2,1-5H3. The molecule has 3 rings (SSSR count). The van der Waals surface area contributed by atoms with Crippen LogP contribution in [0, 0.1) is 5.92 Å². The van der Waals surface area contributed by atoms with Crippen LogP contribution in [0.25, 0.3) is 11.6 Å². The maximum Gasteiger partial charge on any atom is 0.261 e. The van der Waals surface area contributed by atoms with Crippen LogP contribution in [0.4, 0.5) is 0 Å². The molecule has 1 unspecified atom stereocenters. The van der Waals surface area contributed by atoms with Crippen LogP contribution in [0.1, 0.15) is 81.8 Å². The molecule has 26 heavy (non-hydrogen) atoms. The fourth-order valence-corrected chi connectivity index (χ4v) is 4.16. The monoisotopic (exact) mass is 351 g/mol. The Labute approximate surface area is 156 Å². The SMILES string of the molecule is CCCC(C)(CC)N1C(=O)C2=CCC(C(C)C)=Cc3cccc(c32)C1=O. The number of imide groups is 1. The van der Waals surface area contributed by atoms with Gasteiger partial charge in [-0.3, -0.25) is 14.5 Å². The van der Waals surface area contributed by atoms with E-state index in [2.05, 4.69) is 33.8 Å². The lowest BCUT2D eigenvalue weighted by Gasteiger charge is -2.42. The van der Waals surface area contributed by atoms with Gasteiger partial charge in [0.15, 0.2) is 0 Å². The molecule has 1 heterocycles. The first-order chi connectivity index (χ1) is 12.3. The zero-order valence-electron chi connectivity index (χ0n) is 16.6. The molecule has 3 heteroatoms. The summed E-state index contributed by atoms with van der Waals surface area (Å²) < 4.78 is 0. The first-order valence-corrected chi connectivity index (χ1v) is 9.77. The van der Waals surface area contributed by atoms with Gasteiger partial charge in [-0.05, 0) is 43.7 Å². The van der Waals surface area contributed by atoms with Crippen LogP contribution in [0.15, 0.2) is 29.8 Å². The molecule has 2 aliphatic rings. The molecule has 1 aromatic rings. The maximum atomic E-state index is 13.4. The second-order valence-electron chi connectivity index (χ2n) is 8.01. The van der Waals surface area contributed by atoms with Crippen LogP contribution in [0.3, 0.4) is 0 Å². The van der Waals surface area contributed by atoms with Crippen molar-refractivity contribution in [2.45, 2.75) is 65.8 Å². The van der Waals surface area contributed by atoms with E-state index in [1.807, 2.05) is 31.2 Å². The molecule has 0 radical (unpaired) electrons. The van der Waals surface area contributed by atoms with Crippen molar-refractivity contribution in [3.8, 4) is 0 Å². The highest BCUT2D eigenvalue weighted by molar-refractivity contribution is 6.32. The van der Waals surface area contributed by atoms with E-state index in [0.717, 1.165) is 36.8 Å². The maximum absolute atomic E-state index is 13.4. The predicted molar refractivity (Wildman–Crippen MR) is 107 cm³/mol. The van der Waals surface area contributed by atoms with Crippen molar-refractivity contribution in [1.29, 1.82) is 0 Å². The molecular formula is C23H29NO2. The Kier molecular flexibility index (Phi) is 4.92. The van der Waals surface area contributed by atoms with E-state index in [9.17, 15) is 9.59 Å². The Balaban J connectivity index is 2.21. The van der Waals surface area contributed by atoms with Crippen LogP contribution in [0.2, 0.25) is 0 Å². The van der Waals surface area contributed by atoms with Gasteiger partial charge < -0.3 is 0 Å². The lowest BCUT2D eigenvalue weighted by molar-refractivity contribution is -0.127. The average molecular weight is 351 g/mol. The Hall–Kier alpha value is -2.16. The molecule has 2 amide bonds. The average Bonchev–Trinajstić information content (AvgIpc) is 2.80. The molecule has 3 nitrogen and oxygen atoms in total. The zero-order valence-corrected chi connectivity index (χ0v) is 16.6. The van der Waals surface area contributed by atoms with Crippen molar-refractivity contribution < 1.29 is 9.59 Å². The quantitative estimate of drug-likeness (QED) is 0.660. The van der Waals surface area contributed by atoms with Crippen molar-refractivity contribution in [2.24, 2.45) is 5.92 Å². The van der Waals surface area contributed by atoms with Crippen LogP contribution in [-0.4, -0.2) is 22.3 Å². The Morgan fingerprint density at radius 1 is 1.15 bits per heavy atom. The van der Waals surface area contributed by atoms with Crippen LogP contribution >= 0.6 is 0 Å². The minimum atomic E-state index is -0.446. The molecule has 0 N–H and O–H groups in total. The molecule has 138 valence electrons. The second kappa shape index (κ2) is 6.86. The molecule has 0 saturated carbocycles. The first kappa shape index (κ1) is 18.6. The van der Waals surface area contributed by atoms with E-state index in [4.69, 9.17) is 0 Å². The van der Waals surface area contributed by atoms with Gasteiger partial charge in [0.2, 0.25) is 0 Å². The largest absolute Gasteiger partial charge is 0.269 e. The number of amides is 2. The van der Waals surface area contributed by atoms with Crippen molar-refractivity contribution in [3.63, 3.8) is 0 Å². The minimum absolute atomic E-state index is 0.133. The molecule has 0 fully saturated rings. The van der Waals surface area contributed by atoms with E-state index in [1.165, 1.54) is 10.5 Å². The molecule has 1 atom stereocenters. The number of allylic oxidation sites excluding steroid dienone is 2. The van der Waals surface area contributed by atoms with Gasteiger partial charge in [0.05, 0.1) is 0 Å². The van der Waals surface area contributed by atoms with Crippen molar-refractivity contribution in [1.82, 2.24) is 4.90 Å². The molecule has 0 spiro atoms. The van der Waals surface area contributed by atoms with Gasteiger partial charge in [0.25, 0.3) is 11.8 Å². The third-order valence-corrected chi connectivity index (χ3v) is 5.95. The van der Waals surface area contributed by atoms with E-state index in [-0.39, 0.29) is 11.8 Å². The number of hydrogen-bond acceptors (Lipinski definition) is 2. The van der Waals surface area contributed by atoms with Gasteiger partial charge in [0.1, 0.15) is 0 Å². The number of carbonyl (C=O) groups is 2. The number of hydrogen-bond donors (Lipinski definition) is 0. The Morgan fingerprint density at radius 2 is 1.88 bits per heavy atom. The van der Waals surface area contributed by atoms with E-state index < -0.39 is 5.54 Å². The highest BCUT2D eigenvalue weighted by atomic mass is 16.2. The van der Waals surface area contributed by atoms with Crippen LogP contribution in [0.5, 0.6) is 0 Å². The summed E-state index contributed by atoms with van der Waals surface area (Å²) in [6.07, 6.45) is 7.46. The summed E-state index contributed by atoms with van der Waals surface area (Å²) in [4.78, 5) is 28.3. The van der Waals surface area contributed by atoms with Gasteiger partial charge in [-0.15, -0.1) is 0 Å². The predicted octanol–water partition coefficient (Wildman–Crippen LogP) is 5.46. The third-order valence-electron chi connectivity index (χ3n) is 5.95. The van der Waals surface area contributed by atoms with E-state index in [0.29, 0.717) is 17.1 Å². The normalized spacial score (nSPS) is 18.9. The molecule has 0 bridgehead atoms. The van der Waals surface area contributed by atoms with Crippen molar-refractivity contribution >= 4 is 23.5 Å². The van der Waals surface area contributed by atoms with E-state index in [1.54, 1.807) is 0 Å². The van der Waals surface area contributed by atoms with Gasteiger partial charge >= 0.3 is 0 Å². The Morgan fingerprint density at radius 3 is 2.50 bits per heavy atom. The van der Waals surface area contributed by atoms with Gasteiger partial charge in [-0.25, -0.2) is 0 Å². The summed E-state index contributed by atoms with van der Waals surface area (Å²) in [5, 5.41) is 0. The van der Waals surface area contributed by atoms with Gasteiger partial charge in [-0.2, -0.15) is 0 Å². The molecule has 1 aliphatic heterocycles. The number of carbonyl (C=O) groups excluding carboxylic acids is 2. The van der Waals surface area contributed by atoms with E-state index >= 15 is 0 Å². The zero-order chi connectivity index (χ0) is 19.1. The van der Waals surface area contributed by atoms with Crippen LogP contribution < -0.4 is 0 Å². The molecule has 0 aromatic heterocycles. The molecular weight excluding hydrogens is 322 g/mol. The molecule has 1 aliphatic carbocycles. The summed E-state index contributed by atoms with van der Waals surface area (Å²) in [5.74, 6) is 0.125. The number of rotatable bonds is 5. The highest BCUT2D eigenvalue weighted by Crippen LogP contribution is 2.40. The summed E-state index contributed by atoms with van der Waals surface area (Å²) >= 11 is 0. The van der Waals surface area contributed by atoms with Crippen molar-refractivity contribution in [2.75, 3.05) is 0 Å². The first-order valence-electron chi connectivity index (χ1n) is 9.77. The topological polar surface area (TPSA) is 37.4 Å².